The van der Waals surface area contributed by atoms with Crippen LogP contribution in [0.3, 0.4) is 0 Å². The van der Waals surface area contributed by atoms with E-state index in [0.29, 0.717) is 6.54 Å². The molecule has 4 heterocycles. The summed E-state index contributed by atoms with van der Waals surface area (Å²) in [6.45, 7) is 3.89. The molecule has 0 spiro atoms. The van der Waals surface area contributed by atoms with Gasteiger partial charge in [-0.3, -0.25) is 9.88 Å². The van der Waals surface area contributed by atoms with E-state index >= 15 is 0 Å². The lowest BCUT2D eigenvalue weighted by Crippen LogP contribution is -2.29. The molecule has 152 valence electrons. The number of anilines is 1. The summed E-state index contributed by atoms with van der Waals surface area (Å²) in [6, 6.07) is 16.4. The second-order valence-electron chi connectivity index (χ2n) is 7.85. The minimum atomic E-state index is 0.683. The van der Waals surface area contributed by atoms with Gasteiger partial charge in [-0.25, -0.2) is 4.98 Å². The van der Waals surface area contributed by atoms with E-state index in [9.17, 15) is 0 Å². The van der Waals surface area contributed by atoms with Crippen molar-refractivity contribution in [2.24, 2.45) is 0 Å². The summed E-state index contributed by atoms with van der Waals surface area (Å²) in [5.41, 5.74) is 5.30. The van der Waals surface area contributed by atoms with Gasteiger partial charge in [-0.15, -0.1) is 0 Å². The number of nitrogens with zero attached hydrogens (tertiary/aromatic N) is 5. The maximum absolute atomic E-state index is 5.01. The SMILES string of the molecule is c1ccc(-c2cc(NCc3cccnc3)n3ncc(CN4CCCCC4)c3n2)cc1. The molecular weight excluding hydrogens is 372 g/mol. The molecule has 1 aliphatic rings. The fourth-order valence-electron chi connectivity index (χ4n) is 4.06. The predicted octanol–water partition coefficient (Wildman–Crippen LogP) is 4.39. The van der Waals surface area contributed by atoms with E-state index in [1.54, 1.807) is 6.20 Å². The fourth-order valence-corrected chi connectivity index (χ4v) is 4.06. The van der Waals surface area contributed by atoms with Crippen LogP contribution >= 0.6 is 0 Å². The van der Waals surface area contributed by atoms with Crippen molar-refractivity contribution in [2.75, 3.05) is 18.4 Å². The van der Waals surface area contributed by atoms with E-state index in [0.717, 1.165) is 47.9 Å². The van der Waals surface area contributed by atoms with Gasteiger partial charge in [0.2, 0.25) is 0 Å². The second-order valence-corrected chi connectivity index (χ2v) is 7.85. The van der Waals surface area contributed by atoms with Gasteiger partial charge in [-0.05, 0) is 37.6 Å². The summed E-state index contributed by atoms with van der Waals surface area (Å²) < 4.78 is 1.93. The van der Waals surface area contributed by atoms with Crippen molar-refractivity contribution < 1.29 is 0 Å². The molecule has 0 unspecified atom stereocenters. The minimum absolute atomic E-state index is 0.683. The Morgan fingerprint density at radius 3 is 2.60 bits per heavy atom. The maximum Gasteiger partial charge on any atom is 0.162 e. The van der Waals surface area contributed by atoms with Crippen LogP contribution in [0.25, 0.3) is 16.9 Å². The first kappa shape index (κ1) is 18.8. The van der Waals surface area contributed by atoms with Gasteiger partial charge >= 0.3 is 0 Å². The number of likely N-dealkylation sites (tertiary alicyclic amines) is 1. The zero-order chi connectivity index (χ0) is 20.2. The highest BCUT2D eigenvalue weighted by molar-refractivity contribution is 5.67. The zero-order valence-corrected chi connectivity index (χ0v) is 17.0. The van der Waals surface area contributed by atoms with Crippen LogP contribution in [0.5, 0.6) is 0 Å². The van der Waals surface area contributed by atoms with Gasteiger partial charge in [-0.2, -0.15) is 9.61 Å². The van der Waals surface area contributed by atoms with Crippen LogP contribution in [0.1, 0.15) is 30.4 Å². The molecule has 3 aromatic heterocycles. The highest BCUT2D eigenvalue weighted by atomic mass is 15.3. The average molecular weight is 399 g/mol. The van der Waals surface area contributed by atoms with Crippen molar-refractivity contribution in [2.45, 2.75) is 32.4 Å². The Kier molecular flexibility index (Phi) is 5.40. The van der Waals surface area contributed by atoms with Crippen molar-refractivity contribution >= 4 is 11.5 Å². The van der Waals surface area contributed by atoms with E-state index in [4.69, 9.17) is 4.98 Å². The monoisotopic (exact) mass is 398 g/mol. The van der Waals surface area contributed by atoms with Crippen molar-refractivity contribution in [1.29, 1.82) is 0 Å². The molecule has 1 fully saturated rings. The third-order valence-electron chi connectivity index (χ3n) is 5.65. The number of fused-ring (bicyclic) bond motifs is 1. The predicted molar refractivity (Wildman–Crippen MR) is 119 cm³/mol. The third kappa shape index (κ3) is 4.04. The van der Waals surface area contributed by atoms with Gasteiger partial charge in [0.15, 0.2) is 5.65 Å². The van der Waals surface area contributed by atoms with Gasteiger partial charge in [0.1, 0.15) is 5.82 Å². The van der Waals surface area contributed by atoms with Gasteiger partial charge in [-0.1, -0.05) is 42.8 Å². The molecule has 1 aromatic carbocycles. The first-order chi connectivity index (χ1) is 14.9. The molecule has 0 atom stereocenters. The highest BCUT2D eigenvalue weighted by Gasteiger charge is 2.17. The van der Waals surface area contributed by atoms with Crippen LogP contribution in [0, 0.1) is 0 Å². The second kappa shape index (κ2) is 8.63. The average Bonchev–Trinajstić information content (AvgIpc) is 3.22. The largest absolute Gasteiger partial charge is 0.366 e. The van der Waals surface area contributed by atoms with Gasteiger partial charge in [0.25, 0.3) is 0 Å². The highest BCUT2D eigenvalue weighted by Crippen LogP contribution is 2.25. The van der Waals surface area contributed by atoms with Crippen LogP contribution in [0.15, 0.2) is 67.1 Å². The molecule has 0 amide bonds. The lowest BCUT2D eigenvalue weighted by Gasteiger charge is -2.25. The summed E-state index contributed by atoms with van der Waals surface area (Å²) in [5.74, 6) is 0.938. The van der Waals surface area contributed by atoms with Crippen LogP contribution in [0.2, 0.25) is 0 Å². The van der Waals surface area contributed by atoms with E-state index in [-0.39, 0.29) is 0 Å². The summed E-state index contributed by atoms with van der Waals surface area (Å²) in [5, 5.41) is 8.22. The van der Waals surface area contributed by atoms with E-state index in [1.165, 1.54) is 24.8 Å². The molecule has 4 aromatic rings. The Hall–Kier alpha value is -3.25. The normalized spacial score (nSPS) is 14.8. The summed E-state index contributed by atoms with van der Waals surface area (Å²) in [4.78, 5) is 11.7. The summed E-state index contributed by atoms with van der Waals surface area (Å²) in [7, 11) is 0. The molecule has 1 N–H and O–H groups in total. The summed E-state index contributed by atoms with van der Waals surface area (Å²) >= 11 is 0. The Morgan fingerprint density at radius 2 is 1.80 bits per heavy atom. The van der Waals surface area contributed by atoms with Crippen molar-refractivity contribution in [3.63, 3.8) is 0 Å². The molecule has 0 radical (unpaired) electrons. The van der Waals surface area contributed by atoms with Crippen LogP contribution < -0.4 is 5.32 Å². The van der Waals surface area contributed by atoms with Crippen LogP contribution in [0.4, 0.5) is 5.82 Å². The maximum atomic E-state index is 5.01. The number of rotatable bonds is 6. The Balaban J connectivity index is 1.51. The molecule has 5 rings (SSSR count). The molecule has 0 bridgehead atoms. The fraction of sp³-hybridized carbons (Fsp3) is 0.292. The van der Waals surface area contributed by atoms with E-state index < -0.39 is 0 Å². The summed E-state index contributed by atoms with van der Waals surface area (Å²) in [6.07, 6.45) is 9.54. The lowest BCUT2D eigenvalue weighted by atomic mass is 10.1. The van der Waals surface area contributed by atoms with Gasteiger partial charge in [0, 0.05) is 42.7 Å². The Labute approximate surface area is 176 Å². The lowest BCUT2D eigenvalue weighted by molar-refractivity contribution is 0.221. The molecule has 6 nitrogen and oxygen atoms in total. The van der Waals surface area contributed by atoms with Gasteiger partial charge in [0.05, 0.1) is 11.9 Å². The smallest absolute Gasteiger partial charge is 0.162 e. The number of hydrogen-bond acceptors (Lipinski definition) is 5. The van der Waals surface area contributed by atoms with E-state index in [2.05, 4.69) is 56.7 Å². The number of piperidine rings is 1. The van der Waals surface area contributed by atoms with Crippen molar-refractivity contribution in [3.8, 4) is 11.3 Å². The quantitative estimate of drug-likeness (QED) is 0.522. The number of benzene rings is 1. The van der Waals surface area contributed by atoms with Crippen molar-refractivity contribution in [3.05, 3.63) is 78.2 Å². The first-order valence-corrected chi connectivity index (χ1v) is 10.6. The molecule has 0 saturated carbocycles. The third-order valence-corrected chi connectivity index (χ3v) is 5.65. The molecule has 6 heteroatoms. The Bertz CT molecular complexity index is 1100. The number of pyridine rings is 1. The standard InChI is InChI=1S/C24H26N6/c1-3-9-20(10-4-1)22-14-23(26-16-19-8-7-11-25-15-19)30-24(28-22)21(17-27-30)18-29-12-5-2-6-13-29/h1,3-4,7-11,14-15,17,26H,2,5-6,12-13,16,18H2. The topological polar surface area (TPSA) is 58.4 Å². The molecular formula is C24H26N6. The number of nitrogens with one attached hydrogen (secondary N) is 1. The first-order valence-electron chi connectivity index (χ1n) is 10.6. The van der Waals surface area contributed by atoms with Crippen LogP contribution in [-0.4, -0.2) is 37.6 Å². The number of hydrogen-bond donors (Lipinski definition) is 1. The molecule has 1 aliphatic heterocycles. The minimum Gasteiger partial charge on any atom is -0.366 e. The number of aromatic nitrogens is 4. The zero-order valence-electron chi connectivity index (χ0n) is 17.0. The molecule has 0 aliphatic carbocycles. The molecule has 1 saturated heterocycles. The van der Waals surface area contributed by atoms with Gasteiger partial charge < -0.3 is 5.32 Å². The van der Waals surface area contributed by atoms with Crippen molar-refractivity contribution in [1.82, 2.24) is 24.5 Å². The van der Waals surface area contributed by atoms with Crippen LogP contribution in [-0.2, 0) is 13.1 Å². The van der Waals surface area contributed by atoms with E-state index in [1.807, 2.05) is 29.0 Å². The Morgan fingerprint density at radius 1 is 0.933 bits per heavy atom. The molecule has 30 heavy (non-hydrogen) atoms.